The smallest absolute Gasteiger partial charge is 0.325 e. The van der Waals surface area contributed by atoms with Gasteiger partial charge in [0.05, 0.1) is 13.2 Å². The minimum Gasteiger partial charge on any atom is -0.468 e. The second-order valence-electron chi connectivity index (χ2n) is 7.45. The monoisotopic (exact) mass is 337 g/mol. The third kappa shape index (κ3) is 5.75. The number of benzene rings is 1. The molecule has 0 aliphatic heterocycles. The maximum atomic E-state index is 12.2. The molecule has 0 heterocycles. The molecule has 23 heavy (non-hydrogen) atoms. The van der Waals surface area contributed by atoms with Gasteiger partial charge in [-0.05, 0) is 30.6 Å². The van der Waals surface area contributed by atoms with Crippen LogP contribution in [0.1, 0.15) is 33.3 Å². The van der Waals surface area contributed by atoms with E-state index < -0.39 is 14.4 Å². The number of hydrogen-bond donors (Lipinski definition) is 1. The highest BCUT2D eigenvalue weighted by Crippen LogP contribution is 2.37. The molecule has 0 aromatic heterocycles. The van der Waals surface area contributed by atoms with E-state index in [0.717, 1.165) is 5.56 Å². The van der Waals surface area contributed by atoms with E-state index >= 15 is 0 Å². The summed E-state index contributed by atoms with van der Waals surface area (Å²) in [5.74, 6) is -0.285. The predicted octanol–water partition coefficient (Wildman–Crippen LogP) is 3.73. The average molecular weight is 338 g/mol. The van der Waals surface area contributed by atoms with Crippen LogP contribution >= 0.6 is 0 Å². The quantitative estimate of drug-likeness (QED) is 0.608. The molecule has 1 rings (SSSR count). The first kappa shape index (κ1) is 19.9. The topological polar surface area (TPSA) is 47.6 Å². The lowest BCUT2D eigenvalue weighted by Gasteiger charge is -2.40. The van der Waals surface area contributed by atoms with Gasteiger partial charge in [-0.15, -0.1) is 0 Å². The summed E-state index contributed by atoms with van der Waals surface area (Å²) in [7, 11) is -0.530. The van der Waals surface area contributed by atoms with E-state index in [-0.39, 0.29) is 17.1 Å². The molecule has 0 amide bonds. The Kier molecular flexibility index (Phi) is 6.98. The van der Waals surface area contributed by atoms with Crippen LogP contribution in [0.2, 0.25) is 18.1 Å². The van der Waals surface area contributed by atoms with E-state index in [2.05, 4.69) is 39.2 Å². The lowest BCUT2D eigenvalue weighted by molar-refractivity contribution is -0.145. The SMILES string of the molecule is COC(=O)C(NCc1ccccc1)C(C)O[Si](C)(C)C(C)(C)C. The third-order valence-corrected chi connectivity index (χ3v) is 9.15. The number of hydrogen-bond acceptors (Lipinski definition) is 4. The van der Waals surface area contributed by atoms with E-state index in [1.54, 1.807) is 0 Å². The summed E-state index contributed by atoms with van der Waals surface area (Å²) in [4.78, 5) is 12.2. The van der Waals surface area contributed by atoms with Crippen molar-refractivity contribution in [2.45, 2.75) is 64.5 Å². The normalized spacial score (nSPS) is 15.1. The Morgan fingerprint density at radius 2 is 1.78 bits per heavy atom. The number of carbonyl (C=O) groups excluding carboxylic acids is 1. The van der Waals surface area contributed by atoms with E-state index in [0.29, 0.717) is 6.54 Å². The summed E-state index contributed by atoms with van der Waals surface area (Å²) in [6, 6.07) is 9.53. The molecule has 0 radical (unpaired) electrons. The Balaban J connectivity index is 2.79. The zero-order valence-electron chi connectivity index (χ0n) is 15.5. The number of rotatable bonds is 7. The third-order valence-electron chi connectivity index (χ3n) is 4.58. The van der Waals surface area contributed by atoms with Crippen LogP contribution in [0.4, 0.5) is 0 Å². The van der Waals surface area contributed by atoms with Crippen molar-refractivity contribution in [2.75, 3.05) is 7.11 Å². The Morgan fingerprint density at radius 3 is 2.26 bits per heavy atom. The van der Waals surface area contributed by atoms with Gasteiger partial charge in [0.1, 0.15) is 6.04 Å². The maximum Gasteiger partial charge on any atom is 0.325 e. The number of esters is 1. The van der Waals surface area contributed by atoms with Crippen molar-refractivity contribution >= 4 is 14.3 Å². The molecule has 5 heteroatoms. The fraction of sp³-hybridized carbons (Fsp3) is 0.611. The number of ether oxygens (including phenoxy) is 1. The van der Waals surface area contributed by atoms with Gasteiger partial charge in [-0.2, -0.15) is 0 Å². The first-order chi connectivity index (χ1) is 10.6. The van der Waals surface area contributed by atoms with Crippen LogP contribution in [0.25, 0.3) is 0 Å². The van der Waals surface area contributed by atoms with Crippen molar-refractivity contribution in [3.05, 3.63) is 35.9 Å². The average Bonchev–Trinajstić information content (AvgIpc) is 2.46. The molecular formula is C18H31NO3Si. The van der Waals surface area contributed by atoms with Gasteiger partial charge in [-0.25, -0.2) is 0 Å². The highest BCUT2D eigenvalue weighted by atomic mass is 28.4. The lowest BCUT2D eigenvalue weighted by atomic mass is 10.1. The molecule has 0 saturated heterocycles. The number of nitrogens with one attached hydrogen (secondary N) is 1. The van der Waals surface area contributed by atoms with Crippen molar-refractivity contribution in [1.29, 1.82) is 0 Å². The first-order valence-electron chi connectivity index (χ1n) is 8.11. The lowest BCUT2D eigenvalue weighted by Crippen LogP contribution is -2.52. The van der Waals surface area contributed by atoms with Gasteiger partial charge in [0.15, 0.2) is 8.32 Å². The molecule has 0 bridgehead atoms. The van der Waals surface area contributed by atoms with Crippen LogP contribution in [0.3, 0.4) is 0 Å². The minimum absolute atomic E-state index is 0.0986. The van der Waals surface area contributed by atoms with Gasteiger partial charge in [-0.1, -0.05) is 51.1 Å². The molecule has 0 aliphatic rings. The summed E-state index contributed by atoms with van der Waals surface area (Å²) in [5.41, 5.74) is 1.13. The van der Waals surface area contributed by atoms with E-state index in [4.69, 9.17) is 9.16 Å². The van der Waals surface area contributed by atoms with Crippen molar-refractivity contribution in [3.8, 4) is 0 Å². The minimum atomic E-state index is -1.95. The molecule has 4 nitrogen and oxygen atoms in total. The van der Waals surface area contributed by atoms with Gasteiger partial charge < -0.3 is 9.16 Å². The zero-order chi connectivity index (χ0) is 17.7. The van der Waals surface area contributed by atoms with E-state index in [1.165, 1.54) is 7.11 Å². The molecule has 0 spiro atoms. The van der Waals surface area contributed by atoms with E-state index in [9.17, 15) is 4.79 Å². The van der Waals surface area contributed by atoms with Crippen molar-refractivity contribution < 1.29 is 14.0 Å². The summed E-state index contributed by atoms with van der Waals surface area (Å²) in [5, 5.41) is 3.38. The number of carbonyl (C=O) groups is 1. The Hall–Kier alpha value is -1.17. The zero-order valence-corrected chi connectivity index (χ0v) is 16.5. The Labute approximate surface area is 141 Å². The van der Waals surface area contributed by atoms with Crippen LogP contribution < -0.4 is 5.32 Å². The van der Waals surface area contributed by atoms with Crippen molar-refractivity contribution in [3.63, 3.8) is 0 Å². The second-order valence-corrected chi connectivity index (χ2v) is 12.2. The van der Waals surface area contributed by atoms with Gasteiger partial charge in [0.25, 0.3) is 0 Å². The molecule has 0 fully saturated rings. The largest absolute Gasteiger partial charge is 0.468 e. The summed E-state index contributed by atoms with van der Waals surface area (Å²) < 4.78 is 11.3. The number of methoxy groups -OCH3 is 1. The predicted molar refractivity (Wildman–Crippen MR) is 96.8 cm³/mol. The Morgan fingerprint density at radius 1 is 1.22 bits per heavy atom. The van der Waals surface area contributed by atoms with Crippen LogP contribution in [0.15, 0.2) is 30.3 Å². The molecule has 1 aromatic carbocycles. The highest BCUT2D eigenvalue weighted by molar-refractivity contribution is 6.74. The van der Waals surface area contributed by atoms with Crippen LogP contribution in [0.5, 0.6) is 0 Å². The Bertz CT molecular complexity index is 497. The summed E-state index contributed by atoms with van der Waals surface area (Å²) in [6.07, 6.45) is -0.243. The fourth-order valence-corrected chi connectivity index (χ4v) is 3.52. The maximum absolute atomic E-state index is 12.2. The van der Waals surface area contributed by atoms with Crippen molar-refractivity contribution in [1.82, 2.24) is 5.32 Å². The van der Waals surface area contributed by atoms with Gasteiger partial charge in [-0.3, -0.25) is 10.1 Å². The fourth-order valence-electron chi connectivity index (χ4n) is 2.10. The van der Waals surface area contributed by atoms with E-state index in [1.807, 2.05) is 37.3 Å². The molecule has 1 N–H and O–H groups in total. The van der Waals surface area contributed by atoms with Gasteiger partial charge in [0, 0.05) is 6.54 Å². The molecule has 130 valence electrons. The molecular weight excluding hydrogens is 306 g/mol. The van der Waals surface area contributed by atoms with Crippen LogP contribution in [-0.2, 0) is 20.5 Å². The van der Waals surface area contributed by atoms with Gasteiger partial charge >= 0.3 is 5.97 Å². The summed E-state index contributed by atoms with van der Waals surface area (Å²) in [6.45, 7) is 13.5. The molecule has 0 saturated carbocycles. The molecule has 2 atom stereocenters. The van der Waals surface area contributed by atoms with Crippen LogP contribution in [0, 0.1) is 0 Å². The van der Waals surface area contributed by atoms with Gasteiger partial charge in [0.2, 0.25) is 0 Å². The standard InChI is InChI=1S/C18H31NO3Si/c1-14(22-23(6,7)18(2,3)4)16(17(20)21-5)19-13-15-11-9-8-10-12-15/h8-12,14,16,19H,13H2,1-7H3. The molecule has 2 unspecified atom stereocenters. The second kappa shape index (κ2) is 8.08. The van der Waals surface area contributed by atoms with Crippen molar-refractivity contribution in [2.24, 2.45) is 0 Å². The van der Waals surface area contributed by atoms with Crippen LogP contribution in [-0.4, -0.2) is 33.5 Å². The molecule has 1 aromatic rings. The highest BCUT2D eigenvalue weighted by Gasteiger charge is 2.41. The first-order valence-corrected chi connectivity index (χ1v) is 11.0. The summed E-state index contributed by atoms with van der Waals surface area (Å²) >= 11 is 0. The molecule has 0 aliphatic carbocycles.